The molecule has 0 heterocycles. The van der Waals surface area contributed by atoms with Crippen LogP contribution in [0.1, 0.15) is 0 Å². The van der Waals surface area contributed by atoms with E-state index in [-0.39, 0.29) is 17.1 Å². The first-order valence-corrected chi connectivity index (χ1v) is 0.894. The third-order valence-corrected chi connectivity index (χ3v) is 0. The van der Waals surface area contributed by atoms with Crippen molar-refractivity contribution in [3.8, 4) is 0 Å². The molecule has 0 amide bonds. The van der Waals surface area contributed by atoms with Crippen LogP contribution in [0.2, 0.25) is 0 Å². The normalized spacial score (nSPS) is 4.50. The summed E-state index contributed by atoms with van der Waals surface area (Å²) in [4.78, 5) is 0. The molecule has 0 aliphatic rings. The number of rotatable bonds is 0. The fraction of sp³-hybridized carbons (Fsp3) is 1.00. The molecular weight excluding hydrogens is 102 g/mol. The zero-order valence-corrected chi connectivity index (χ0v) is 3.69. The predicted molar refractivity (Wildman–Crippen MR) is 15.2 cm³/mol. The summed E-state index contributed by atoms with van der Waals surface area (Å²) < 4.78 is 0. The van der Waals surface area contributed by atoms with Gasteiger partial charge in [-0.2, -0.15) is 14.1 Å². The largest absolute Gasteiger partial charge is 1.00 e. The molecule has 0 atom stereocenters. The molecule has 0 aliphatic heterocycles. The van der Waals surface area contributed by atoms with E-state index in [1.807, 2.05) is 0 Å². The van der Waals surface area contributed by atoms with Gasteiger partial charge < -0.3 is 5.32 Å². The molecule has 30 valence electrons. The molecule has 0 bridgehead atoms. The molecule has 0 rings (SSSR count). The van der Waals surface area contributed by atoms with E-state index in [4.69, 9.17) is 0 Å². The second kappa shape index (κ2) is 9.77. The van der Waals surface area contributed by atoms with Crippen LogP contribution in [0.25, 0.3) is 5.32 Å². The molecule has 0 spiro atoms. The third kappa shape index (κ3) is 23.6. The van der Waals surface area contributed by atoms with Gasteiger partial charge in [-0.05, 0) is 0 Å². The van der Waals surface area contributed by atoms with Crippen LogP contribution >= 0.6 is 0 Å². The second-order valence-corrected chi connectivity index (χ2v) is 0.447. The van der Waals surface area contributed by atoms with Crippen molar-refractivity contribution in [2.45, 2.75) is 0 Å². The average Bonchev–Trinajstić information content (AvgIpc) is 0.918. The predicted octanol–water partition coefficient (Wildman–Crippen LogP) is 0.617. The van der Waals surface area contributed by atoms with E-state index in [1.165, 1.54) is 0 Å². The van der Waals surface area contributed by atoms with Gasteiger partial charge in [-0.1, -0.05) is 0 Å². The van der Waals surface area contributed by atoms with Crippen molar-refractivity contribution in [1.29, 1.82) is 0 Å². The van der Waals surface area contributed by atoms with Crippen LogP contribution in [0.15, 0.2) is 0 Å². The molecule has 0 aliphatic carbocycles. The van der Waals surface area contributed by atoms with Crippen LogP contribution in [0.5, 0.6) is 0 Å². The van der Waals surface area contributed by atoms with Gasteiger partial charge in [0.05, 0.1) is 0 Å². The molecule has 1 nitrogen and oxygen atoms in total. The maximum absolute atomic E-state index is 3.50. The van der Waals surface area contributed by atoms with Crippen molar-refractivity contribution in [1.82, 2.24) is 0 Å². The minimum absolute atomic E-state index is 0. The molecule has 0 radical (unpaired) electrons. The van der Waals surface area contributed by atoms with E-state index in [9.17, 15) is 0 Å². The van der Waals surface area contributed by atoms with Crippen LogP contribution in [0.4, 0.5) is 0 Å². The van der Waals surface area contributed by atoms with Gasteiger partial charge in [-0.25, -0.2) is 0 Å². The Kier molecular flexibility index (Phi) is 21.6. The van der Waals surface area contributed by atoms with Crippen molar-refractivity contribution in [2.75, 3.05) is 14.1 Å². The van der Waals surface area contributed by atoms with Crippen molar-refractivity contribution in [2.24, 2.45) is 0 Å². The van der Waals surface area contributed by atoms with Gasteiger partial charge in [0.2, 0.25) is 0 Å². The Labute approximate surface area is 37.2 Å². The Hall–Kier alpha value is 0.479. The molecule has 0 aromatic heterocycles. The molecule has 0 fully saturated rings. The number of hydrogen-bond acceptors (Lipinski definition) is 0. The van der Waals surface area contributed by atoms with Gasteiger partial charge in [0, 0.05) is 0 Å². The van der Waals surface area contributed by atoms with Crippen molar-refractivity contribution in [3.63, 3.8) is 0 Å². The Morgan fingerprint density at radius 2 is 1.25 bits per heavy atom. The summed E-state index contributed by atoms with van der Waals surface area (Å²) in [6.45, 7) is 0. The van der Waals surface area contributed by atoms with Crippen LogP contribution in [0.3, 0.4) is 0 Å². The molecule has 0 aromatic carbocycles. The monoisotopic (exact) mass is 107 g/mol. The minimum Gasteiger partial charge on any atom is -0.668 e. The molecule has 0 N–H and O–H groups in total. The Balaban J connectivity index is 0. The third-order valence-electron chi connectivity index (χ3n) is 0. The first-order valence-electron chi connectivity index (χ1n) is 0.894. The molecule has 4 heavy (non-hydrogen) atoms. The molecule has 2 heteroatoms. The van der Waals surface area contributed by atoms with E-state index in [1.54, 1.807) is 14.1 Å². The second-order valence-electron chi connectivity index (χ2n) is 0.447. The van der Waals surface area contributed by atoms with E-state index in [2.05, 4.69) is 5.32 Å². The van der Waals surface area contributed by atoms with Crippen LogP contribution in [-0.2, 0) is 17.1 Å². The van der Waals surface area contributed by atoms with Crippen LogP contribution in [-0.4, -0.2) is 14.1 Å². The summed E-state index contributed by atoms with van der Waals surface area (Å²) in [5.41, 5.74) is 0. The number of hydrogen-bond donors (Lipinski definition) is 0. The van der Waals surface area contributed by atoms with E-state index < -0.39 is 0 Å². The summed E-state index contributed by atoms with van der Waals surface area (Å²) in [5, 5.41) is 3.50. The van der Waals surface area contributed by atoms with Gasteiger partial charge in [-0.3, -0.25) is 0 Å². The first kappa shape index (κ1) is 8.82. The standard InChI is InChI=1S/C2H6N.Cu/c1-3-2;/h1-2H3;/q-1;+1. The van der Waals surface area contributed by atoms with E-state index >= 15 is 0 Å². The van der Waals surface area contributed by atoms with Crippen molar-refractivity contribution in [3.05, 3.63) is 5.32 Å². The Morgan fingerprint density at radius 3 is 1.25 bits per heavy atom. The fourth-order valence-corrected chi connectivity index (χ4v) is 0. The summed E-state index contributed by atoms with van der Waals surface area (Å²) in [6, 6.07) is 0. The topological polar surface area (TPSA) is 14.1 Å². The van der Waals surface area contributed by atoms with Crippen molar-refractivity contribution >= 4 is 0 Å². The van der Waals surface area contributed by atoms with Gasteiger partial charge in [0.1, 0.15) is 0 Å². The van der Waals surface area contributed by atoms with E-state index in [0.29, 0.717) is 0 Å². The quantitative estimate of drug-likeness (QED) is 0.403. The summed E-state index contributed by atoms with van der Waals surface area (Å²) in [5.74, 6) is 0. The van der Waals surface area contributed by atoms with Gasteiger partial charge in [0.25, 0.3) is 0 Å². The zero-order valence-electron chi connectivity index (χ0n) is 2.75. The van der Waals surface area contributed by atoms with Gasteiger partial charge >= 0.3 is 17.1 Å². The van der Waals surface area contributed by atoms with Gasteiger partial charge in [0.15, 0.2) is 0 Å². The molecular formula is C2H6CuN. The Morgan fingerprint density at radius 1 is 1.25 bits per heavy atom. The minimum atomic E-state index is 0. The average molecular weight is 108 g/mol. The summed E-state index contributed by atoms with van der Waals surface area (Å²) in [6.07, 6.45) is 0. The zero-order chi connectivity index (χ0) is 2.71. The van der Waals surface area contributed by atoms with Crippen LogP contribution < -0.4 is 0 Å². The Bertz CT molecular complexity index is 6.00. The molecule has 0 saturated heterocycles. The molecule has 0 unspecified atom stereocenters. The number of nitrogens with zero attached hydrogens (tertiary/aromatic N) is 1. The maximum Gasteiger partial charge on any atom is 1.00 e. The molecule has 0 aromatic rings. The summed E-state index contributed by atoms with van der Waals surface area (Å²) >= 11 is 0. The van der Waals surface area contributed by atoms with Crippen LogP contribution in [0, 0.1) is 0 Å². The summed E-state index contributed by atoms with van der Waals surface area (Å²) in [7, 11) is 3.50. The molecule has 0 saturated carbocycles. The first-order chi connectivity index (χ1) is 1.41. The smallest absolute Gasteiger partial charge is 0.668 e. The maximum atomic E-state index is 3.50. The fourth-order valence-electron chi connectivity index (χ4n) is 0. The van der Waals surface area contributed by atoms with E-state index in [0.717, 1.165) is 0 Å². The van der Waals surface area contributed by atoms with Crippen molar-refractivity contribution < 1.29 is 17.1 Å². The van der Waals surface area contributed by atoms with Gasteiger partial charge in [-0.15, -0.1) is 0 Å². The SMILES string of the molecule is C[N-]C.[Cu+].